The van der Waals surface area contributed by atoms with Crippen LogP contribution in [0.4, 0.5) is 5.13 Å². The number of para-hydroxylation sites is 2. The Balaban J connectivity index is 1.59. The smallest absolute Gasteiger partial charge is 0.270 e. The molecule has 0 saturated carbocycles. The van der Waals surface area contributed by atoms with Crippen LogP contribution in [-0.2, 0) is 10.0 Å². The van der Waals surface area contributed by atoms with Crippen LogP contribution in [0.25, 0.3) is 0 Å². The number of rotatable bonds is 9. The van der Waals surface area contributed by atoms with E-state index in [9.17, 15) is 13.2 Å². The maximum absolute atomic E-state index is 12.6. The van der Waals surface area contributed by atoms with E-state index >= 15 is 0 Å². The fraction of sp³-hybridized carbons (Fsp3) is 0.250. The summed E-state index contributed by atoms with van der Waals surface area (Å²) < 4.78 is 38.3. The molecule has 1 heterocycles. The van der Waals surface area contributed by atoms with Crippen molar-refractivity contribution in [1.29, 1.82) is 0 Å². The van der Waals surface area contributed by atoms with E-state index in [1.807, 2.05) is 25.1 Å². The Kier molecular flexibility index (Phi) is 7.21. The number of hydrogen-bond donors (Lipinski definition) is 2. The summed E-state index contributed by atoms with van der Waals surface area (Å²) in [4.78, 5) is 12.3. The minimum absolute atomic E-state index is 0.0788. The zero-order chi connectivity index (χ0) is 22.4. The van der Waals surface area contributed by atoms with Gasteiger partial charge in [-0.15, -0.1) is 10.2 Å². The molecule has 2 N–H and O–H groups in total. The highest BCUT2D eigenvalue weighted by atomic mass is 32.2. The van der Waals surface area contributed by atoms with Gasteiger partial charge in [0.25, 0.3) is 15.9 Å². The average molecular weight is 463 g/mol. The SMILES string of the molecule is COc1ccccc1OC[C@H](C)NS(=O)(=O)c1nnc(NC(=O)c2ccc(C)cc2)s1. The number of sulfonamides is 1. The molecular formula is C20H22N4O5S2. The molecule has 0 fully saturated rings. The number of methoxy groups -OCH3 is 1. The molecule has 0 spiro atoms. The largest absolute Gasteiger partial charge is 0.493 e. The number of hydrogen-bond acceptors (Lipinski definition) is 8. The summed E-state index contributed by atoms with van der Waals surface area (Å²) >= 11 is 0.763. The van der Waals surface area contributed by atoms with Gasteiger partial charge in [0, 0.05) is 5.56 Å². The molecule has 1 atom stereocenters. The summed E-state index contributed by atoms with van der Waals surface area (Å²) in [5.41, 5.74) is 1.46. The van der Waals surface area contributed by atoms with Crippen LogP contribution >= 0.6 is 11.3 Å². The number of carbonyl (C=O) groups is 1. The van der Waals surface area contributed by atoms with E-state index in [-0.39, 0.29) is 16.1 Å². The molecule has 0 aliphatic rings. The fourth-order valence-electron chi connectivity index (χ4n) is 2.55. The third kappa shape index (κ3) is 6.00. The molecule has 0 saturated heterocycles. The van der Waals surface area contributed by atoms with E-state index in [2.05, 4.69) is 20.2 Å². The number of carbonyl (C=O) groups excluding carboxylic acids is 1. The third-order valence-electron chi connectivity index (χ3n) is 4.08. The molecule has 31 heavy (non-hydrogen) atoms. The van der Waals surface area contributed by atoms with Crippen LogP contribution in [0, 0.1) is 6.92 Å². The summed E-state index contributed by atoms with van der Waals surface area (Å²) in [6.45, 7) is 3.66. The van der Waals surface area contributed by atoms with Gasteiger partial charge < -0.3 is 9.47 Å². The summed E-state index contributed by atoms with van der Waals surface area (Å²) in [6.07, 6.45) is 0. The fourth-order valence-corrected chi connectivity index (χ4v) is 4.68. The van der Waals surface area contributed by atoms with Gasteiger partial charge in [-0.05, 0) is 38.1 Å². The van der Waals surface area contributed by atoms with Crippen molar-refractivity contribution in [3.05, 3.63) is 59.7 Å². The van der Waals surface area contributed by atoms with E-state index in [0.29, 0.717) is 17.1 Å². The molecule has 0 aliphatic carbocycles. The number of aromatic nitrogens is 2. The first-order valence-corrected chi connectivity index (χ1v) is 11.6. The monoisotopic (exact) mass is 462 g/mol. The molecule has 0 bridgehead atoms. The number of nitrogens with zero attached hydrogens (tertiary/aromatic N) is 2. The lowest BCUT2D eigenvalue weighted by molar-refractivity contribution is 0.102. The van der Waals surface area contributed by atoms with Crippen molar-refractivity contribution in [2.45, 2.75) is 24.2 Å². The highest BCUT2D eigenvalue weighted by Gasteiger charge is 2.23. The summed E-state index contributed by atoms with van der Waals surface area (Å²) in [7, 11) is -2.41. The Morgan fingerprint density at radius 1 is 1.10 bits per heavy atom. The number of benzene rings is 2. The van der Waals surface area contributed by atoms with Gasteiger partial charge in [-0.1, -0.05) is 41.2 Å². The predicted molar refractivity (Wildman–Crippen MR) is 117 cm³/mol. The third-order valence-corrected chi connectivity index (χ3v) is 6.88. The predicted octanol–water partition coefficient (Wildman–Crippen LogP) is 2.85. The molecule has 1 amide bonds. The second-order valence-corrected chi connectivity index (χ2v) is 9.54. The lowest BCUT2D eigenvalue weighted by Crippen LogP contribution is -2.36. The maximum Gasteiger partial charge on any atom is 0.270 e. The van der Waals surface area contributed by atoms with Crippen LogP contribution < -0.4 is 19.5 Å². The van der Waals surface area contributed by atoms with Gasteiger partial charge in [-0.2, -0.15) is 0 Å². The lowest BCUT2D eigenvalue weighted by Gasteiger charge is -2.15. The van der Waals surface area contributed by atoms with Crippen LogP contribution in [0.2, 0.25) is 0 Å². The first-order chi connectivity index (χ1) is 14.8. The molecule has 1 aromatic heterocycles. The first kappa shape index (κ1) is 22.7. The summed E-state index contributed by atoms with van der Waals surface area (Å²) in [5.74, 6) is 0.662. The van der Waals surface area contributed by atoms with Crippen molar-refractivity contribution in [3.63, 3.8) is 0 Å². The van der Waals surface area contributed by atoms with Crippen molar-refractivity contribution >= 4 is 32.4 Å². The highest BCUT2D eigenvalue weighted by molar-refractivity contribution is 7.91. The van der Waals surface area contributed by atoms with Gasteiger partial charge in [-0.3, -0.25) is 10.1 Å². The number of ether oxygens (including phenoxy) is 2. The number of aryl methyl sites for hydroxylation is 1. The van der Waals surface area contributed by atoms with Crippen LogP contribution in [0.15, 0.2) is 52.9 Å². The topological polar surface area (TPSA) is 120 Å². The average Bonchev–Trinajstić information content (AvgIpc) is 3.22. The molecule has 3 aromatic rings. The van der Waals surface area contributed by atoms with Crippen molar-refractivity contribution in [3.8, 4) is 11.5 Å². The van der Waals surface area contributed by atoms with E-state index in [0.717, 1.165) is 16.9 Å². The summed E-state index contributed by atoms with van der Waals surface area (Å²) in [5, 5.41) is 10.1. The van der Waals surface area contributed by atoms with E-state index in [1.54, 1.807) is 37.3 Å². The molecule has 0 unspecified atom stereocenters. The lowest BCUT2D eigenvalue weighted by atomic mass is 10.1. The van der Waals surface area contributed by atoms with E-state index in [1.165, 1.54) is 7.11 Å². The molecule has 0 radical (unpaired) electrons. The van der Waals surface area contributed by atoms with Crippen LogP contribution in [0.3, 0.4) is 0 Å². The molecule has 164 valence electrons. The second-order valence-electron chi connectivity index (χ2n) is 6.68. The van der Waals surface area contributed by atoms with E-state index < -0.39 is 22.0 Å². The van der Waals surface area contributed by atoms with Crippen molar-refractivity contribution in [2.75, 3.05) is 19.0 Å². The number of nitrogens with one attached hydrogen (secondary N) is 2. The van der Waals surface area contributed by atoms with Crippen molar-refractivity contribution in [1.82, 2.24) is 14.9 Å². The molecule has 11 heteroatoms. The molecular weight excluding hydrogens is 440 g/mol. The zero-order valence-electron chi connectivity index (χ0n) is 17.2. The normalized spacial score (nSPS) is 12.2. The summed E-state index contributed by atoms with van der Waals surface area (Å²) in [6, 6.07) is 13.5. The van der Waals surface area contributed by atoms with Crippen LogP contribution in [-0.4, -0.2) is 44.3 Å². The Labute approximate surface area is 184 Å². The molecule has 9 nitrogen and oxygen atoms in total. The quantitative estimate of drug-likeness (QED) is 0.469. The standard InChI is InChI=1S/C20H22N4O5S2/c1-13-8-10-15(11-9-13)18(25)21-19-22-23-20(30-19)31(26,27)24-14(2)12-29-17-7-5-4-6-16(17)28-3/h4-11,14,24H,12H2,1-3H3,(H,21,22,25)/t14-/m0/s1. The zero-order valence-corrected chi connectivity index (χ0v) is 18.8. The Morgan fingerprint density at radius 3 is 2.45 bits per heavy atom. The second kappa shape index (κ2) is 9.86. The van der Waals surface area contributed by atoms with Crippen molar-refractivity contribution in [2.24, 2.45) is 0 Å². The minimum Gasteiger partial charge on any atom is -0.493 e. The van der Waals surface area contributed by atoms with Crippen LogP contribution in [0.5, 0.6) is 11.5 Å². The maximum atomic E-state index is 12.6. The highest BCUT2D eigenvalue weighted by Crippen LogP contribution is 2.26. The van der Waals surface area contributed by atoms with Gasteiger partial charge in [-0.25, -0.2) is 13.1 Å². The Morgan fingerprint density at radius 2 is 1.77 bits per heavy atom. The van der Waals surface area contributed by atoms with E-state index in [4.69, 9.17) is 9.47 Å². The molecule has 2 aromatic carbocycles. The van der Waals surface area contributed by atoms with Gasteiger partial charge >= 0.3 is 0 Å². The van der Waals surface area contributed by atoms with Gasteiger partial charge in [0.2, 0.25) is 9.47 Å². The van der Waals surface area contributed by atoms with Crippen molar-refractivity contribution < 1.29 is 22.7 Å². The Bertz CT molecular complexity index is 1150. The molecule has 0 aliphatic heterocycles. The van der Waals surface area contributed by atoms with Gasteiger partial charge in [0.15, 0.2) is 11.5 Å². The van der Waals surface area contributed by atoms with Gasteiger partial charge in [0.05, 0.1) is 13.2 Å². The minimum atomic E-state index is -3.93. The Hall–Kier alpha value is -3.02. The molecule has 3 rings (SSSR count). The number of amides is 1. The first-order valence-electron chi connectivity index (χ1n) is 9.28. The van der Waals surface area contributed by atoms with Gasteiger partial charge in [0.1, 0.15) is 6.61 Å². The number of anilines is 1. The van der Waals surface area contributed by atoms with Crippen LogP contribution in [0.1, 0.15) is 22.8 Å².